The molecule has 0 heterocycles. The van der Waals surface area contributed by atoms with Gasteiger partial charge in [0.1, 0.15) is 13.2 Å². The van der Waals surface area contributed by atoms with Crippen molar-refractivity contribution >= 4 is 11.9 Å². The lowest BCUT2D eigenvalue weighted by atomic mass is 9.82. The highest BCUT2D eigenvalue weighted by molar-refractivity contribution is 5.66. The lowest BCUT2D eigenvalue weighted by molar-refractivity contribution is -0.151. The smallest absolute Gasteiger partial charge is 0.302 e. The summed E-state index contributed by atoms with van der Waals surface area (Å²) >= 11 is 0. The van der Waals surface area contributed by atoms with Crippen LogP contribution in [0.25, 0.3) is 0 Å². The number of carbonyl (C=O) groups excluding carboxylic acids is 2. The molecule has 0 spiro atoms. The monoisotopic (exact) mass is 334 g/mol. The second-order valence-electron chi connectivity index (χ2n) is 6.52. The highest BCUT2D eigenvalue weighted by Gasteiger charge is 2.31. The molecule has 0 saturated carbocycles. The number of hydrogen-bond donors (Lipinski definition) is 0. The Morgan fingerprint density at radius 2 is 1.54 bits per heavy atom. The fourth-order valence-corrected chi connectivity index (χ4v) is 2.14. The van der Waals surface area contributed by atoms with Crippen molar-refractivity contribution in [3.8, 4) is 12.3 Å². The van der Waals surface area contributed by atoms with Gasteiger partial charge in [-0.05, 0) is 40.0 Å². The Hall–Kier alpha value is -2.02. The zero-order valence-electron chi connectivity index (χ0n) is 15.6. The van der Waals surface area contributed by atoms with E-state index in [9.17, 15) is 9.59 Å². The standard InChI is InChI=1S/C20H30O4/c1-7-12-20(14-23-18(5)21,15-24-19(6)22)13-11-17(4)10-8-9-16(2)3/h1,9,11H,8,10,12-15H2,2-6H3/b17-11+. The maximum Gasteiger partial charge on any atom is 0.302 e. The van der Waals surface area contributed by atoms with Gasteiger partial charge in [0.15, 0.2) is 0 Å². The van der Waals surface area contributed by atoms with Crippen molar-refractivity contribution in [2.75, 3.05) is 13.2 Å². The summed E-state index contributed by atoms with van der Waals surface area (Å²) in [4.78, 5) is 22.3. The van der Waals surface area contributed by atoms with E-state index in [-0.39, 0.29) is 25.2 Å². The summed E-state index contributed by atoms with van der Waals surface area (Å²) in [5.41, 5.74) is 1.96. The Bertz CT molecular complexity index is 498. The van der Waals surface area contributed by atoms with Crippen LogP contribution >= 0.6 is 0 Å². The van der Waals surface area contributed by atoms with Gasteiger partial charge in [0.05, 0.1) is 5.41 Å². The Balaban J connectivity index is 5.05. The lowest BCUT2D eigenvalue weighted by Crippen LogP contribution is -2.33. The zero-order valence-corrected chi connectivity index (χ0v) is 15.6. The molecule has 0 aliphatic rings. The van der Waals surface area contributed by atoms with E-state index in [0.717, 1.165) is 12.8 Å². The lowest BCUT2D eigenvalue weighted by Gasteiger charge is -2.30. The molecular formula is C20H30O4. The van der Waals surface area contributed by atoms with Crippen LogP contribution in [0, 0.1) is 17.8 Å². The van der Waals surface area contributed by atoms with Gasteiger partial charge >= 0.3 is 11.9 Å². The number of rotatable bonds is 10. The van der Waals surface area contributed by atoms with Gasteiger partial charge in [-0.15, -0.1) is 12.3 Å². The summed E-state index contributed by atoms with van der Waals surface area (Å²) in [7, 11) is 0. The molecule has 0 N–H and O–H groups in total. The molecular weight excluding hydrogens is 304 g/mol. The molecule has 0 aromatic carbocycles. The minimum Gasteiger partial charge on any atom is -0.465 e. The third-order valence-corrected chi connectivity index (χ3v) is 3.62. The molecule has 0 saturated heterocycles. The maximum absolute atomic E-state index is 11.2. The van der Waals surface area contributed by atoms with Crippen molar-refractivity contribution in [1.29, 1.82) is 0 Å². The van der Waals surface area contributed by atoms with Gasteiger partial charge in [0, 0.05) is 20.3 Å². The number of hydrogen-bond acceptors (Lipinski definition) is 4. The number of terminal acetylenes is 1. The normalized spacial score (nSPS) is 11.4. The molecule has 0 amide bonds. The van der Waals surface area contributed by atoms with Crippen molar-refractivity contribution < 1.29 is 19.1 Å². The van der Waals surface area contributed by atoms with Crippen molar-refractivity contribution in [3.63, 3.8) is 0 Å². The minimum atomic E-state index is -0.580. The molecule has 0 fully saturated rings. The van der Waals surface area contributed by atoms with E-state index in [1.807, 2.05) is 0 Å². The first kappa shape index (κ1) is 22.0. The molecule has 0 radical (unpaired) electrons. The number of carbonyl (C=O) groups is 2. The van der Waals surface area contributed by atoms with Crippen molar-refractivity contribution in [2.45, 2.75) is 60.3 Å². The summed E-state index contributed by atoms with van der Waals surface area (Å²) in [5, 5.41) is 0. The van der Waals surface area contributed by atoms with Crippen LogP contribution in [0.5, 0.6) is 0 Å². The van der Waals surface area contributed by atoms with E-state index in [4.69, 9.17) is 15.9 Å². The molecule has 0 aromatic heterocycles. The van der Waals surface area contributed by atoms with Gasteiger partial charge in [0.25, 0.3) is 0 Å². The summed E-state index contributed by atoms with van der Waals surface area (Å²) < 4.78 is 10.3. The Kier molecular flexibility index (Phi) is 10.5. The van der Waals surface area contributed by atoms with Crippen LogP contribution in [0.15, 0.2) is 23.3 Å². The fraction of sp³-hybridized carbons (Fsp3) is 0.600. The maximum atomic E-state index is 11.2. The van der Waals surface area contributed by atoms with E-state index in [1.165, 1.54) is 25.0 Å². The predicted octanol–water partition coefficient (Wildman–Crippen LogP) is 4.21. The number of allylic oxidation sites excluding steroid dienone is 4. The van der Waals surface area contributed by atoms with Gasteiger partial charge in [-0.25, -0.2) is 0 Å². The van der Waals surface area contributed by atoms with Crippen molar-refractivity contribution in [2.24, 2.45) is 5.41 Å². The van der Waals surface area contributed by atoms with Crippen molar-refractivity contribution in [1.82, 2.24) is 0 Å². The molecule has 0 aliphatic heterocycles. The van der Waals surface area contributed by atoms with Crippen LogP contribution in [-0.4, -0.2) is 25.2 Å². The molecule has 4 nitrogen and oxygen atoms in total. The van der Waals surface area contributed by atoms with Crippen LogP contribution < -0.4 is 0 Å². The van der Waals surface area contributed by atoms with E-state index >= 15 is 0 Å². The zero-order chi connectivity index (χ0) is 18.6. The highest BCUT2D eigenvalue weighted by atomic mass is 16.5. The Morgan fingerprint density at radius 3 is 1.96 bits per heavy atom. The van der Waals surface area contributed by atoms with E-state index in [1.54, 1.807) is 0 Å². The van der Waals surface area contributed by atoms with Gasteiger partial charge in [-0.2, -0.15) is 0 Å². The topological polar surface area (TPSA) is 52.6 Å². The first-order valence-corrected chi connectivity index (χ1v) is 8.20. The minimum absolute atomic E-state index is 0.136. The van der Waals surface area contributed by atoms with Crippen LogP contribution in [0.4, 0.5) is 0 Å². The van der Waals surface area contributed by atoms with Crippen LogP contribution in [0.3, 0.4) is 0 Å². The van der Waals surface area contributed by atoms with Crippen LogP contribution in [-0.2, 0) is 19.1 Å². The molecule has 0 unspecified atom stereocenters. The largest absolute Gasteiger partial charge is 0.465 e. The first-order chi connectivity index (χ1) is 11.2. The molecule has 0 bridgehead atoms. The molecule has 0 aromatic rings. The van der Waals surface area contributed by atoms with E-state index < -0.39 is 5.41 Å². The number of ether oxygens (including phenoxy) is 2. The summed E-state index contributed by atoms with van der Waals surface area (Å²) in [5.74, 6) is 1.87. The third kappa shape index (κ3) is 10.7. The summed E-state index contributed by atoms with van der Waals surface area (Å²) in [6.45, 7) is 9.20. The first-order valence-electron chi connectivity index (χ1n) is 8.20. The van der Waals surface area contributed by atoms with Crippen LogP contribution in [0.1, 0.15) is 60.3 Å². The number of esters is 2. The second kappa shape index (κ2) is 11.5. The van der Waals surface area contributed by atoms with Crippen LogP contribution in [0.2, 0.25) is 0 Å². The van der Waals surface area contributed by atoms with Gasteiger partial charge in [-0.1, -0.05) is 23.3 Å². The molecule has 4 heteroatoms. The summed E-state index contributed by atoms with van der Waals surface area (Å²) in [6.07, 6.45) is 12.7. The SMILES string of the molecule is C#CCC(C/C=C(\C)CCC=C(C)C)(COC(C)=O)COC(C)=O. The van der Waals surface area contributed by atoms with Gasteiger partial charge in [0.2, 0.25) is 0 Å². The fourth-order valence-electron chi connectivity index (χ4n) is 2.14. The third-order valence-electron chi connectivity index (χ3n) is 3.62. The van der Waals surface area contributed by atoms with E-state index in [2.05, 4.69) is 38.8 Å². The predicted molar refractivity (Wildman–Crippen MR) is 96.2 cm³/mol. The average Bonchev–Trinajstić information content (AvgIpc) is 2.48. The molecule has 24 heavy (non-hydrogen) atoms. The average molecular weight is 334 g/mol. The Morgan fingerprint density at radius 1 is 1.00 bits per heavy atom. The molecule has 0 atom stereocenters. The second-order valence-corrected chi connectivity index (χ2v) is 6.52. The van der Waals surface area contributed by atoms with Gasteiger partial charge in [-0.3, -0.25) is 9.59 Å². The summed E-state index contributed by atoms with van der Waals surface area (Å²) in [6, 6.07) is 0. The van der Waals surface area contributed by atoms with Crippen molar-refractivity contribution in [3.05, 3.63) is 23.3 Å². The molecule has 134 valence electrons. The van der Waals surface area contributed by atoms with Gasteiger partial charge < -0.3 is 9.47 Å². The molecule has 0 rings (SSSR count). The quantitative estimate of drug-likeness (QED) is 0.341. The highest BCUT2D eigenvalue weighted by Crippen LogP contribution is 2.29. The Labute approximate surface area is 146 Å². The molecule has 0 aliphatic carbocycles. The van der Waals surface area contributed by atoms with E-state index in [0.29, 0.717) is 12.8 Å².